The van der Waals surface area contributed by atoms with Crippen molar-refractivity contribution < 1.29 is 4.79 Å². The zero-order valence-electron chi connectivity index (χ0n) is 14.6. The molecule has 1 saturated carbocycles. The van der Waals surface area contributed by atoms with Gasteiger partial charge < -0.3 is 16.0 Å². The molecule has 0 atom stereocenters. The zero-order chi connectivity index (χ0) is 16.5. The summed E-state index contributed by atoms with van der Waals surface area (Å²) in [6.07, 6.45) is 3.66. The number of aliphatic imine (C=N–C) groups is 1. The number of guanidine groups is 1. The molecule has 1 aliphatic carbocycles. The number of nitrogens with zero attached hydrogens (tertiary/aromatic N) is 1. The van der Waals surface area contributed by atoms with Crippen molar-refractivity contribution in [3.8, 4) is 0 Å². The Morgan fingerprint density at radius 3 is 2.54 bits per heavy atom. The molecule has 1 fully saturated rings. The number of nitrogens with one attached hydrogen (secondary N) is 3. The molecule has 1 aliphatic rings. The first-order valence-electron chi connectivity index (χ1n) is 8.54. The molecule has 0 unspecified atom stereocenters. The Morgan fingerprint density at radius 2 is 1.92 bits per heavy atom. The van der Waals surface area contributed by atoms with Crippen LogP contribution in [0.2, 0.25) is 0 Å². The van der Waals surface area contributed by atoms with Gasteiger partial charge >= 0.3 is 0 Å². The van der Waals surface area contributed by atoms with E-state index in [1.807, 2.05) is 6.92 Å². The highest BCUT2D eigenvalue weighted by atomic mass is 127. The van der Waals surface area contributed by atoms with Crippen molar-refractivity contribution in [3.05, 3.63) is 35.4 Å². The minimum Gasteiger partial charge on any atom is -0.357 e. The van der Waals surface area contributed by atoms with Gasteiger partial charge in [-0.05, 0) is 38.7 Å². The van der Waals surface area contributed by atoms with Crippen LogP contribution in [-0.2, 0) is 11.3 Å². The maximum atomic E-state index is 11.6. The van der Waals surface area contributed by atoms with Crippen LogP contribution in [0.3, 0.4) is 0 Å². The second kappa shape index (κ2) is 11.3. The number of halogens is 1. The van der Waals surface area contributed by atoms with Gasteiger partial charge in [0.2, 0.25) is 5.91 Å². The first-order chi connectivity index (χ1) is 11.2. The van der Waals surface area contributed by atoms with E-state index in [4.69, 9.17) is 0 Å². The van der Waals surface area contributed by atoms with E-state index >= 15 is 0 Å². The summed E-state index contributed by atoms with van der Waals surface area (Å²) in [6, 6.07) is 8.85. The minimum atomic E-state index is 0. The van der Waals surface area contributed by atoms with Crippen LogP contribution >= 0.6 is 24.0 Å². The summed E-state index contributed by atoms with van der Waals surface area (Å²) < 4.78 is 0. The number of carbonyl (C=O) groups excluding carboxylic acids is 1. The van der Waals surface area contributed by atoms with Gasteiger partial charge in [-0.2, -0.15) is 0 Å². The van der Waals surface area contributed by atoms with Crippen LogP contribution in [0.5, 0.6) is 0 Å². The Bertz CT molecular complexity index is 526. The molecule has 0 saturated heterocycles. The fraction of sp³-hybridized carbons (Fsp3) is 0.556. The third-order valence-electron chi connectivity index (χ3n) is 3.70. The van der Waals surface area contributed by atoms with Gasteiger partial charge in [-0.25, -0.2) is 4.99 Å². The van der Waals surface area contributed by atoms with Crippen molar-refractivity contribution in [1.29, 1.82) is 0 Å². The van der Waals surface area contributed by atoms with Crippen LogP contribution < -0.4 is 16.0 Å². The summed E-state index contributed by atoms with van der Waals surface area (Å²) in [4.78, 5) is 16.2. The standard InChI is InChI=1S/C18H28N4O.HI/c1-3-19-18(21-13-15-8-6-14(2)7-9-15)20-12-4-5-17(23)22-16-10-11-16;/h6-9,16H,3-5,10-13H2,1-2H3,(H,22,23)(H2,19,20,21);1H. The molecule has 1 aromatic rings. The maximum Gasteiger partial charge on any atom is 0.220 e. The van der Waals surface area contributed by atoms with Gasteiger partial charge in [0.15, 0.2) is 5.96 Å². The van der Waals surface area contributed by atoms with Crippen LogP contribution in [0.1, 0.15) is 43.7 Å². The lowest BCUT2D eigenvalue weighted by molar-refractivity contribution is -0.121. The Labute approximate surface area is 162 Å². The molecule has 0 heterocycles. The molecule has 3 N–H and O–H groups in total. The van der Waals surface area contributed by atoms with Gasteiger partial charge in [0.1, 0.15) is 0 Å². The van der Waals surface area contributed by atoms with Gasteiger partial charge in [0.05, 0.1) is 6.54 Å². The van der Waals surface area contributed by atoms with Gasteiger partial charge in [-0.3, -0.25) is 4.79 Å². The first kappa shape index (κ1) is 20.7. The number of amides is 1. The average molecular weight is 444 g/mol. The van der Waals surface area contributed by atoms with Crippen molar-refractivity contribution in [2.75, 3.05) is 13.1 Å². The molecule has 0 spiro atoms. The normalized spacial score (nSPS) is 13.8. The summed E-state index contributed by atoms with van der Waals surface area (Å²) in [5.74, 6) is 0.964. The highest BCUT2D eigenvalue weighted by Crippen LogP contribution is 2.18. The SMILES string of the molecule is CCNC(=NCc1ccc(C)cc1)NCCCC(=O)NC1CC1.I. The molecular formula is C18H29IN4O. The van der Waals surface area contributed by atoms with Gasteiger partial charge in [-0.15, -0.1) is 24.0 Å². The maximum absolute atomic E-state index is 11.6. The molecule has 0 bridgehead atoms. The number of benzene rings is 1. The Balaban J connectivity index is 0.00000288. The molecule has 134 valence electrons. The lowest BCUT2D eigenvalue weighted by atomic mass is 10.1. The van der Waals surface area contributed by atoms with Crippen LogP contribution in [0.25, 0.3) is 0 Å². The minimum absolute atomic E-state index is 0. The molecule has 1 amide bonds. The summed E-state index contributed by atoms with van der Waals surface area (Å²) in [5, 5.41) is 9.52. The molecule has 0 radical (unpaired) electrons. The van der Waals surface area contributed by atoms with Crippen molar-refractivity contribution in [2.45, 2.75) is 52.1 Å². The fourth-order valence-electron chi connectivity index (χ4n) is 2.19. The van der Waals surface area contributed by atoms with E-state index in [2.05, 4.69) is 52.1 Å². The zero-order valence-corrected chi connectivity index (χ0v) is 16.9. The van der Waals surface area contributed by atoms with Crippen molar-refractivity contribution >= 4 is 35.8 Å². The second-order valence-corrected chi connectivity index (χ2v) is 6.05. The van der Waals surface area contributed by atoms with E-state index in [0.29, 0.717) is 19.0 Å². The van der Waals surface area contributed by atoms with E-state index < -0.39 is 0 Å². The molecule has 0 aliphatic heterocycles. The quantitative estimate of drug-likeness (QED) is 0.250. The monoisotopic (exact) mass is 444 g/mol. The number of hydrogen-bond donors (Lipinski definition) is 3. The van der Waals surface area contributed by atoms with Crippen molar-refractivity contribution in [1.82, 2.24) is 16.0 Å². The van der Waals surface area contributed by atoms with Crippen LogP contribution in [0.15, 0.2) is 29.3 Å². The topological polar surface area (TPSA) is 65.5 Å². The number of rotatable bonds is 8. The lowest BCUT2D eigenvalue weighted by Crippen LogP contribution is -2.38. The van der Waals surface area contributed by atoms with E-state index in [1.54, 1.807) is 0 Å². The van der Waals surface area contributed by atoms with E-state index in [0.717, 1.165) is 38.3 Å². The smallest absolute Gasteiger partial charge is 0.220 e. The van der Waals surface area contributed by atoms with E-state index in [9.17, 15) is 4.79 Å². The first-order valence-corrected chi connectivity index (χ1v) is 8.54. The number of aryl methyl sites for hydroxylation is 1. The molecule has 0 aromatic heterocycles. The third-order valence-corrected chi connectivity index (χ3v) is 3.70. The highest BCUT2D eigenvalue weighted by molar-refractivity contribution is 14.0. The average Bonchev–Trinajstić information content (AvgIpc) is 3.34. The molecule has 1 aromatic carbocycles. The Morgan fingerprint density at radius 1 is 1.21 bits per heavy atom. The van der Waals surface area contributed by atoms with E-state index in [-0.39, 0.29) is 29.9 Å². The Hall–Kier alpha value is -1.31. The Kier molecular flexibility index (Phi) is 9.75. The molecular weight excluding hydrogens is 415 g/mol. The van der Waals surface area contributed by atoms with Crippen LogP contribution in [0.4, 0.5) is 0 Å². The second-order valence-electron chi connectivity index (χ2n) is 6.05. The predicted octanol–water partition coefficient (Wildman–Crippen LogP) is 2.73. The fourth-order valence-corrected chi connectivity index (χ4v) is 2.19. The third kappa shape index (κ3) is 8.52. The van der Waals surface area contributed by atoms with Gasteiger partial charge in [0.25, 0.3) is 0 Å². The number of hydrogen-bond acceptors (Lipinski definition) is 2. The molecule has 6 heteroatoms. The summed E-state index contributed by atoms with van der Waals surface area (Å²) in [7, 11) is 0. The number of carbonyl (C=O) groups is 1. The van der Waals surface area contributed by atoms with Gasteiger partial charge in [0, 0.05) is 25.6 Å². The molecule has 24 heavy (non-hydrogen) atoms. The van der Waals surface area contributed by atoms with E-state index in [1.165, 1.54) is 11.1 Å². The lowest BCUT2D eigenvalue weighted by Gasteiger charge is -2.11. The summed E-state index contributed by atoms with van der Waals surface area (Å²) >= 11 is 0. The van der Waals surface area contributed by atoms with Crippen molar-refractivity contribution in [2.24, 2.45) is 4.99 Å². The molecule has 5 nitrogen and oxygen atoms in total. The summed E-state index contributed by atoms with van der Waals surface area (Å²) in [5.41, 5.74) is 2.45. The van der Waals surface area contributed by atoms with Crippen LogP contribution in [-0.4, -0.2) is 31.0 Å². The molecule has 2 rings (SSSR count). The van der Waals surface area contributed by atoms with Crippen molar-refractivity contribution in [3.63, 3.8) is 0 Å². The predicted molar refractivity (Wildman–Crippen MR) is 110 cm³/mol. The van der Waals surface area contributed by atoms with Crippen LogP contribution in [0, 0.1) is 6.92 Å². The largest absolute Gasteiger partial charge is 0.357 e. The van der Waals surface area contributed by atoms with Gasteiger partial charge in [-0.1, -0.05) is 29.8 Å². The summed E-state index contributed by atoms with van der Waals surface area (Å²) in [6.45, 7) is 6.35. The highest BCUT2D eigenvalue weighted by Gasteiger charge is 2.22.